The van der Waals surface area contributed by atoms with E-state index in [0.29, 0.717) is 5.92 Å². The zero-order chi connectivity index (χ0) is 16.5. The molecule has 3 nitrogen and oxygen atoms in total. The van der Waals surface area contributed by atoms with Gasteiger partial charge in [-0.2, -0.15) is 0 Å². The first-order valence-electron chi connectivity index (χ1n) is 8.88. The minimum absolute atomic E-state index is 0.103. The number of hydrogen-bond acceptors (Lipinski definition) is 3. The van der Waals surface area contributed by atoms with E-state index < -0.39 is 0 Å². The van der Waals surface area contributed by atoms with Crippen molar-refractivity contribution >= 4 is 17.2 Å². The van der Waals surface area contributed by atoms with Gasteiger partial charge in [0.2, 0.25) is 0 Å². The van der Waals surface area contributed by atoms with Crippen molar-refractivity contribution in [3.05, 3.63) is 46.3 Å². The molecule has 0 unspecified atom stereocenters. The molecule has 1 saturated heterocycles. The van der Waals surface area contributed by atoms with Crippen LogP contribution in [0.1, 0.15) is 33.6 Å². The summed E-state index contributed by atoms with van der Waals surface area (Å²) in [6.07, 6.45) is 4.50. The fourth-order valence-electron chi connectivity index (χ4n) is 3.77. The normalized spacial score (nSPS) is 18.0. The lowest BCUT2D eigenvalue weighted by Crippen LogP contribution is -2.36. The maximum absolute atomic E-state index is 12.6. The number of benzene rings is 1. The van der Waals surface area contributed by atoms with Crippen LogP contribution in [0.3, 0.4) is 0 Å². The van der Waals surface area contributed by atoms with Gasteiger partial charge in [-0.05, 0) is 74.5 Å². The summed E-state index contributed by atoms with van der Waals surface area (Å²) >= 11 is 1.65. The molecule has 0 spiro atoms. The molecule has 2 heterocycles. The molecule has 2 aliphatic rings. The summed E-state index contributed by atoms with van der Waals surface area (Å²) < 4.78 is 0. The number of rotatable bonds is 3. The van der Waals surface area contributed by atoms with Gasteiger partial charge in [0, 0.05) is 11.4 Å². The lowest BCUT2D eigenvalue weighted by atomic mass is 9.91. The second-order valence-corrected chi connectivity index (χ2v) is 8.13. The topological polar surface area (TPSA) is 32.3 Å². The molecule has 2 aromatic rings. The molecule has 126 valence electrons. The summed E-state index contributed by atoms with van der Waals surface area (Å²) in [7, 11) is 2.17. The fraction of sp³-hybridized carbons (Fsp3) is 0.450. The number of fused-ring (bicyclic) bond motifs is 3. The van der Waals surface area contributed by atoms with E-state index in [0.717, 1.165) is 37.4 Å². The minimum atomic E-state index is 0.103. The summed E-state index contributed by atoms with van der Waals surface area (Å²) in [5, 5.41) is 3.17. The van der Waals surface area contributed by atoms with Gasteiger partial charge in [0.05, 0.1) is 4.88 Å². The molecule has 4 heteroatoms. The monoisotopic (exact) mass is 340 g/mol. The lowest BCUT2D eigenvalue weighted by Gasteiger charge is -2.28. The number of aryl methyl sites for hydroxylation is 2. The summed E-state index contributed by atoms with van der Waals surface area (Å²) in [5.74, 6) is 0.728. The van der Waals surface area contributed by atoms with Crippen molar-refractivity contribution in [3.8, 4) is 10.4 Å². The van der Waals surface area contributed by atoms with Crippen LogP contribution in [0.2, 0.25) is 0 Å². The van der Waals surface area contributed by atoms with Crippen LogP contribution in [-0.2, 0) is 12.8 Å². The third kappa shape index (κ3) is 3.13. The Labute approximate surface area is 147 Å². The number of nitrogens with one attached hydrogen (secondary N) is 1. The second-order valence-electron chi connectivity index (χ2n) is 7.08. The second kappa shape index (κ2) is 6.69. The van der Waals surface area contributed by atoms with Crippen LogP contribution >= 0.6 is 11.3 Å². The Morgan fingerprint density at radius 3 is 2.79 bits per heavy atom. The van der Waals surface area contributed by atoms with Crippen molar-refractivity contribution in [2.45, 2.75) is 25.7 Å². The van der Waals surface area contributed by atoms with Gasteiger partial charge >= 0.3 is 0 Å². The molecule has 0 saturated carbocycles. The molecule has 1 aliphatic heterocycles. The first-order chi connectivity index (χ1) is 11.7. The minimum Gasteiger partial charge on any atom is -0.351 e. The van der Waals surface area contributed by atoms with Crippen molar-refractivity contribution < 1.29 is 4.79 Å². The van der Waals surface area contributed by atoms with E-state index in [1.165, 1.54) is 34.4 Å². The van der Waals surface area contributed by atoms with E-state index >= 15 is 0 Å². The number of carbonyl (C=O) groups is 1. The molecule has 1 fully saturated rings. The van der Waals surface area contributed by atoms with E-state index in [-0.39, 0.29) is 5.91 Å². The smallest absolute Gasteiger partial charge is 0.261 e. The molecule has 1 aromatic carbocycles. The average Bonchev–Trinajstić information content (AvgIpc) is 3.06. The molecular formula is C20H24N2OS. The summed E-state index contributed by atoms with van der Waals surface area (Å²) in [6.45, 7) is 3.10. The molecule has 1 aliphatic carbocycles. The van der Waals surface area contributed by atoms with Crippen LogP contribution in [-0.4, -0.2) is 37.5 Å². The highest BCUT2D eigenvalue weighted by Gasteiger charge is 2.22. The SMILES string of the molecule is CN1CCC(CNC(=O)c2cc3c(s2)-c2ccccc2CC3)CC1. The Bertz CT molecular complexity index is 744. The van der Waals surface area contributed by atoms with Crippen molar-refractivity contribution in [1.82, 2.24) is 10.2 Å². The van der Waals surface area contributed by atoms with Gasteiger partial charge in [-0.15, -0.1) is 11.3 Å². The van der Waals surface area contributed by atoms with Crippen molar-refractivity contribution in [2.75, 3.05) is 26.7 Å². The fourth-order valence-corrected chi connectivity index (χ4v) is 4.96. The highest BCUT2D eigenvalue weighted by atomic mass is 32.1. The predicted molar refractivity (Wildman–Crippen MR) is 99.7 cm³/mol. The first-order valence-corrected chi connectivity index (χ1v) is 9.70. The van der Waals surface area contributed by atoms with E-state index in [2.05, 4.69) is 47.6 Å². The number of carbonyl (C=O) groups excluding carboxylic acids is 1. The van der Waals surface area contributed by atoms with E-state index in [9.17, 15) is 4.79 Å². The molecule has 0 radical (unpaired) electrons. The standard InChI is InChI=1S/C20H24N2OS/c1-22-10-8-14(9-11-22)13-21-20(23)18-12-16-7-6-15-4-2-3-5-17(15)19(16)24-18/h2-5,12,14H,6-11,13H2,1H3,(H,21,23). The Morgan fingerprint density at radius 1 is 1.21 bits per heavy atom. The average molecular weight is 340 g/mol. The van der Waals surface area contributed by atoms with Crippen LogP contribution in [0.4, 0.5) is 0 Å². The number of thiophene rings is 1. The Morgan fingerprint density at radius 2 is 1.96 bits per heavy atom. The molecule has 0 bridgehead atoms. The summed E-state index contributed by atoms with van der Waals surface area (Å²) in [5.41, 5.74) is 4.06. The largest absolute Gasteiger partial charge is 0.351 e. The molecule has 24 heavy (non-hydrogen) atoms. The number of nitrogens with zero attached hydrogens (tertiary/aromatic N) is 1. The molecule has 0 atom stereocenters. The third-order valence-electron chi connectivity index (χ3n) is 5.35. The zero-order valence-electron chi connectivity index (χ0n) is 14.2. The van der Waals surface area contributed by atoms with Crippen LogP contribution < -0.4 is 5.32 Å². The van der Waals surface area contributed by atoms with Crippen LogP contribution in [0.5, 0.6) is 0 Å². The molecule has 1 aromatic heterocycles. The number of likely N-dealkylation sites (tertiary alicyclic amines) is 1. The third-order valence-corrected chi connectivity index (χ3v) is 6.56. The van der Waals surface area contributed by atoms with Gasteiger partial charge in [-0.3, -0.25) is 4.79 Å². The summed E-state index contributed by atoms with van der Waals surface area (Å²) in [4.78, 5) is 17.1. The van der Waals surface area contributed by atoms with Crippen LogP contribution in [0.25, 0.3) is 10.4 Å². The number of hydrogen-bond donors (Lipinski definition) is 1. The zero-order valence-corrected chi connectivity index (χ0v) is 15.0. The van der Waals surface area contributed by atoms with Crippen LogP contribution in [0, 0.1) is 5.92 Å². The van der Waals surface area contributed by atoms with Gasteiger partial charge in [0.25, 0.3) is 5.91 Å². The predicted octanol–water partition coefficient (Wildman–Crippen LogP) is 3.59. The van der Waals surface area contributed by atoms with Crippen molar-refractivity contribution in [1.29, 1.82) is 0 Å². The summed E-state index contributed by atoms with van der Waals surface area (Å²) in [6, 6.07) is 10.7. The van der Waals surface area contributed by atoms with Gasteiger partial charge in [-0.25, -0.2) is 0 Å². The Hall–Kier alpha value is -1.65. The Kier molecular flexibility index (Phi) is 4.42. The van der Waals surface area contributed by atoms with Crippen molar-refractivity contribution in [2.24, 2.45) is 5.92 Å². The molecule has 1 N–H and O–H groups in total. The highest BCUT2D eigenvalue weighted by Crippen LogP contribution is 2.39. The van der Waals surface area contributed by atoms with Crippen LogP contribution in [0.15, 0.2) is 30.3 Å². The molecular weight excluding hydrogens is 316 g/mol. The maximum atomic E-state index is 12.6. The number of piperidine rings is 1. The van der Waals surface area contributed by atoms with Gasteiger partial charge in [-0.1, -0.05) is 24.3 Å². The quantitative estimate of drug-likeness (QED) is 0.926. The Balaban J connectivity index is 1.44. The number of amides is 1. The van der Waals surface area contributed by atoms with Gasteiger partial charge in [0.1, 0.15) is 0 Å². The maximum Gasteiger partial charge on any atom is 0.261 e. The molecule has 4 rings (SSSR count). The lowest BCUT2D eigenvalue weighted by molar-refractivity contribution is 0.0943. The van der Waals surface area contributed by atoms with E-state index in [1.54, 1.807) is 11.3 Å². The van der Waals surface area contributed by atoms with Gasteiger partial charge < -0.3 is 10.2 Å². The van der Waals surface area contributed by atoms with E-state index in [4.69, 9.17) is 0 Å². The first kappa shape index (κ1) is 15.9. The van der Waals surface area contributed by atoms with E-state index in [1.807, 2.05) is 0 Å². The van der Waals surface area contributed by atoms with Gasteiger partial charge in [0.15, 0.2) is 0 Å². The molecule has 1 amide bonds. The highest BCUT2D eigenvalue weighted by molar-refractivity contribution is 7.17. The van der Waals surface area contributed by atoms with Crippen molar-refractivity contribution in [3.63, 3.8) is 0 Å².